The van der Waals surface area contributed by atoms with Crippen molar-refractivity contribution >= 4 is 38.4 Å². The number of fused-ring (bicyclic) bond motifs is 2. The van der Waals surface area contributed by atoms with Crippen LogP contribution in [0.3, 0.4) is 0 Å². The minimum atomic E-state index is -0.387. The van der Waals surface area contributed by atoms with Crippen molar-refractivity contribution in [3.8, 4) is 0 Å². The van der Waals surface area contributed by atoms with Crippen LogP contribution < -0.4 is 15.8 Å². The molecule has 0 aliphatic rings. The lowest BCUT2D eigenvalue weighted by atomic mass is 10.2. The lowest BCUT2D eigenvalue weighted by molar-refractivity contribution is -0.121. The Hall–Kier alpha value is -3.26. The number of para-hydroxylation sites is 2. The van der Waals surface area contributed by atoms with Crippen molar-refractivity contribution in [2.45, 2.75) is 6.54 Å². The standard InChI is InChI=1S/C18H15N5O2S/c1-22-14-8-4-5-9-15(14)26-18(22)21-20-16(24)10-23-11-19-13-7-3-2-6-12(13)17(23)25/h2-9,11H,10H2,1H3,(H,20,24)/b21-18-. The lowest BCUT2D eigenvalue weighted by Crippen LogP contribution is -2.31. The average molecular weight is 365 g/mol. The summed E-state index contributed by atoms with van der Waals surface area (Å²) in [6.07, 6.45) is 1.38. The zero-order chi connectivity index (χ0) is 18.1. The molecule has 0 bridgehead atoms. The lowest BCUT2D eigenvalue weighted by Gasteiger charge is -2.05. The summed E-state index contributed by atoms with van der Waals surface area (Å²) in [6, 6.07) is 15.0. The summed E-state index contributed by atoms with van der Waals surface area (Å²) in [5.74, 6) is -0.387. The highest BCUT2D eigenvalue weighted by Crippen LogP contribution is 2.14. The molecule has 8 heteroatoms. The van der Waals surface area contributed by atoms with Crippen molar-refractivity contribution in [2.75, 3.05) is 0 Å². The largest absolute Gasteiger partial charge is 0.318 e. The Labute approximate surface area is 151 Å². The topological polar surface area (TPSA) is 81.3 Å². The van der Waals surface area contributed by atoms with Crippen LogP contribution in [0, 0.1) is 0 Å². The molecule has 0 unspecified atom stereocenters. The van der Waals surface area contributed by atoms with Gasteiger partial charge in [0, 0.05) is 7.05 Å². The maximum atomic E-state index is 12.4. The van der Waals surface area contributed by atoms with Crippen molar-refractivity contribution in [3.05, 3.63) is 70.0 Å². The third-order valence-electron chi connectivity index (χ3n) is 4.04. The molecule has 0 spiro atoms. The van der Waals surface area contributed by atoms with E-state index >= 15 is 0 Å². The van der Waals surface area contributed by atoms with Crippen LogP contribution in [0.25, 0.3) is 21.1 Å². The Morgan fingerprint density at radius 1 is 1.19 bits per heavy atom. The second kappa shape index (κ2) is 6.57. The van der Waals surface area contributed by atoms with E-state index in [-0.39, 0.29) is 18.0 Å². The fourth-order valence-electron chi connectivity index (χ4n) is 2.71. The fourth-order valence-corrected chi connectivity index (χ4v) is 3.69. The Morgan fingerprint density at radius 2 is 1.96 bits per heavy atom. The van der Waals surface area contributed by atoms with E-state index < -0.39 is 0 Å². The predicted octanol–water partition coefficient (Wildman–Crippen LogP) is 1.58. The van der Waals surface area contributed by atoms with Crippen LogP contribution >= 0.6 is 11.3 Å². The molecule has 1 amide bonds. The molecular formula is C18H15N5O2S. The van der Waals surface area contributed by atoms with E-state index in [1.54, 1.807) is 18.2 Å². The molecule has 0 fully saturated rings. The smallest absolute Gasteiger partial charge is 0.261 e. The molecule has 2 aromatic heterocycles. The van der Waals surface area contributed by atoms with Gasteiger partial charge in [-0.15, -0.1) is 5.10 Å². The number of amides is 1. The number of rotatable bonds is 3. The van der Waals surface area contributed by atoms with Crippen LogP contribution in [-0.4, -0.2) is 20.0 Å². The summed E-state index contributed by atoms with van der Waals surface area (Å²) >= 11 is 1.48. The van der Waals surface area contributed by atoms with Gasteiger partial charge in [0.2, 0.25) is 4.80 Å². The number of nitrogens with one attached hydrogen (secondary N) is 1. The SMILES string of the molecule is Cn1/c(=N/NC(=O)Cn2cnc3ccccc3c2=O)sc2ccccc21. The molecule has 0 saturated carbocycles. The van der Waals surface area contributed by atoms with Gasteiger partial charge in [-0.25, -0.2) is 10.4 Å². The fraction of sp³-hybridized carbons (Fsp3) is 0.111. The second-order valence-corrected chi connectivity index (χ2v) is 6.76. The summed E-state index contributed by atoms with van der Waals surface area (Å²) in [4.78, 5) is 29.5. The molecule has 0 aliphatic carbocycles. The van der Waals surface area contributed by atoms with Crippen molar-refractivity contribution < 1.29 is 4.79 Å². The number of hydrogen-bond donors (Lipinski definition) is 1. The highest BCUT2D eigenvalue weighted by molar-refractivity contribution is 7.16. The van der Waals surface area contributed by atoms with Crippen molar-refractivity contribution in [1.82, 2.24) is 19.5 Å². The van der Waals surface area contributed by atoms with E-state index in [2.05, 4.69) is 15.5 Å². The molecular weight excluding hydrogens is 350 g/mol. The minimum Gasteiger partial charge on any atom is -0.318 e. The van der Waals surface area contributed by atoms with Crippen LogP contribution in [0.5, 0.6) is 0 Å². The number of carbonyl (C=O) groups is 1. The number of nitrogens with zero attached hydrogens (tertiary/aromatic N) is 4. The van der Waals surface area contributed by atoms with Crippen LogP contribution in [-0.2, 0) is 18.4 Å². The van der Waals surface area contributed by atoms with E-state index in [1.165, 1.54) is 22.2 Å². The first-order chi connectivity index (χ1) is 12.6. The molecule has 1 N–H and O–H groups in total. The molecule has 0 radical (unpaired) electrons. The molecule has 2 heterocycles. The molecule has 0 saturated heterocycles. The van der Waals surface area contributed by atoms with E-state index in [4.69, 9.17) is 0 Å². The molecule has 26 heavy (non-hydrogen) atoms. The van der Waals surface area contributed by atoms with Gasteiger partial charge < -0.3 is 4.57 Å². The quantitative estimate of drug-likeness (QED) is 0.560. The first-order valence-corrected chi connectivity index (χ1v) is 8.76. The summed E-state index contributed by atoms with van der Waals surface area (Å²) in [5.41, 5.74) is 3.91. The number of aryl methyl sites for hydroxylation is 1. The summed E-state index contributed by atoms with van der Waals surface area (Å²) in [7, 11) is 1.89. The van der Waals surface area contributed by atoms with Gasteiger partial charge in [-0.2, -0.15) is 0 Å². The third kappa shape index (κ3) is 2.91. The Kier molecular flexibility index (Phi) is 4.10. The van der Waals surface area contributed by atoms with E-state index in [0.717, 1.165) is 10.2 Å². The highest BCUT2D eigenvalue weighted by atomic mass is 32.1. The van der Waals surface area contributed by atoms with Crippen LogP contribution in [0.4, 0.5) is 0 Å². The van der Waals surface area contributed by atoms with E-state index in [0.29, 0.717) is 15.7 Å². The van der Waals surface area contributed by atoms with Gasteiger partial charge in [0.15, 0.2) is 0 Å². The van der Waals surface area contributed by atoms with Crippen molar-refractivity contribution in [2.24, 2.45) is 12.1 Å². The second-order valence-electron chi connectivity index (χ2n) is 5.75. The third-order valence-corrected chi connectivity index (χ3v) is 5.15. The Bertz CT molecular complexity index is 1250. The van der Waals surface area contributed by atoms with Gasteiger partial charge in [-0.3, -0.25) is 14.2 Å². The highest BCUT2D eigenvalue weighted by Gasteiger charge is 2.08. The van der Waals surface area contributed by atoms with Crippen LogP contribution in [0.2, 0.25) is 0 Å². The zero-order valence-corrected chi connectivity index (χ0v) is 14.7. The zero-order valence-electron chi connectivity index (χ0n) is 13.9. The number of hydrogen-bond acceptors (Lipinski definition) is 5. The molecule has 0 aliphatic heterocycles. The predicted molar refractivity (Wildman–Crippen MR) is 101 cm³/mol. The summed E-state index contributed by atoms with van der Waals surface area (Å²) in [5, 5.41) is 4.66. The van der Waals surface area contributed by atoms with Gasteiger partial charge in [-0.05, 0) is 24.3 Å². The number of benzene rings is 2. The Balaban J connectivity index is 1.58. The Morgan fingerprint density at radius 3 is 2.81 bits per heavy atom. The molecule has 7 nitrogen and oxygen atoms in total. The number of aromatic nitrogens is 3. The van der Waals surface area contributed by atoms with Crippen LogP contribution in [0.15, 0.2) is 64.8 Å². The molecule has 4 rings (SSSR count). The van der Waals surface area contributed by atoms with Gasteiger partial charge in [0.1, 0.15) is 6.54 Å². The monoisotopic (exact) mass is 365 g/mol. The summed E-state index contributed by atoms with van der Waals surface area (Å²) < 4.78 is 4.26. The maximum Gasteiger partial charge on any atom is 0.261 e. The van der Waals surface area contributed by atoms with Crippen molar-refractivity contribution in [1.29, 1.82) is 0 Å². The first kappa shape index (κ1) is 16.2. The van der Waals surface area contributed by atoms with E-state index in [9.17, 15) is 9.59 Å². The van der Waals surface area contributed by atoms with E-state index in [1.807, 2.05) is 41.9 Å². The average Bonchev–Trinajstić information content (AvgIpc) is 2.99. The first-order valence-electron chi connectivity index (χ1n) is 7.95. The number of carbonyl (C=O) groups excluding carboxylic acids is 1. The van der Waals surface area contributed by atoms with Gasteiger partial charge in [-0.1, -0.05) is 35.6 Å². The van der Waals surface area contributed by atoms with Crippen LogP contribution in [0.1, 0.15) is 0 Å². The molecule has 130 valence electrons. The molecule has 4 aromatic rings. The molecule has 0 atom stereocenters. The van der Waals surface area contributed by atoms with Crippen molar-refractivity contribution in [3.63, 3.8) is 0 Å². The molecule has 2 aromatic carbocycles. The number of thiazole rings is 1. The minimum absolute atomic E-state index is 0.144. The summed E-state index contributed by atoms with van der Waals surface area (Å²) in [6.45, 7) is -0.144. The van der Waals surface area contributed by atoms with Gasteiger partial charge in [0.25, 0.3) is 11.5 Å². The maximum absolute atomic E-state index is 12.4. The normalized spacial score (nSPS) is 12.0. The van der Waals surface area contributed by atoms with Gasteiger partial charge in [0.05, 0.1) is 27.4 Å². The van der Waals surface area contributed by atoms with Gasteiger partial charge >= 0.3 is 0 Å².